The third kappa shape index (κ3) is 3.91. The number of nitrogens with two attached hydrogens (primary N) is 1. The molecule has 8 heteroatoms. The molecule has 44 heavy (non-hydrogen) atoms. The molecule has 1 aromatic carbocycles. The number of hydrogen-bond donors (Lipinski definition) is 3. The van der Waals surface area contributed by atoms with Gasteiger partial charge in [0.05, 0.1) is 24.4 Å². The molecule has 0 radical (unpaired) electrons. The van der Waals surface area contributed by atoms with Crippen LogP contribution in [0.4, 0.5) is 0 Å². The van der Waals surface area contributed by atoms with Gasteiger partial charge in [0, 0.05) is 34.3 Å². The zero-order valence-corrected chi connectivity index (χ0v) is 25.8. The van der Waals surface area contributed by atoms with E-state index in [1.165, 1.54) is 5.56 Å². The summed E-state index contributed by atoms with van der Waals surface area (Å²) in [6.45, 7) is 4.19. The second kappa shape index (κ2) is 9.66. The molecule has 9 rings (SSSR count). The van der Waals surface area contributed by atoms with Crippen LogP contribution in [0.25, 0.3) is 0 Å². The maximum Gasteiger partial charge on any atom is 0.193 e. The number of carbonyl (C=O) groups excluding carboxylic acids is 2. The molecule has 9 atom stereocenters. The lowest BCUT2D eigenvalue weighted by Crippen LogP contribution is -2.63. The van der Waals surface area contributed by atoms with Crippen LogP contribution in [0.3, 0.4) is 0 Å². The van der Waals surface area contributed by atoms with Gasteiger partial charge in [0.2, 0.25) is 0 Å². The van der Waals surface area contributed by atoms with Crippen molar-refractivity contribution >= 4 is 11.6 Å². The second-order valence-corrected chi connectivity index (χ2v) is 15.6. The number of Topliss-reactive ketones (excluding diaryl/α,β-unsaturated/α-hetero) is 1. The molecule has 3 aliphatic heterocycles. The number of aliphatic hydroxyl groups is 2. The molecule has 2 bridgehead atoms. The summed E-state index contributed by atoms with van der Waals surface area (Å²) < 4.78 is 19.6. The van der Waals surface area contributed by atoms with Crippen LogP contribution in [-0.4, -0.2) is 63.9 Å². The molecular weight excluding hydrogens is 558 g/mol. The largest absolute Gasteiger partial charge is 0.393 e. The van der Waals surface area contributed by atoms with Gasteiger partial charge in [0.1, 0.15) is 6.61 Å². The number of ketones is 2. The predicted octanol–water partition coefficient (Wildman–Crippen LogP) is 3.87. The third-order valence-corrected chi connectivity index (χ3v) is 13.4. The van der Waals surface area contributed by atoms with E-state index >= 15 is 0 Å². The fraction of sp³-hybridized carbons (Fsp3) is 0.667. The van der Waals surface area contributed by atoms with Gasteiger partial charge in [0.25, 0.3) is 0 Å². The molecule has 4 N–H and O–H groups in total. The van der Waals surface area contributed by atoms with E-state index in [9.17, 15) is 19.8 Å². The highest BCUT2D eigenvalue weighted by Gasteiger charge is 2.75. The van der Waals surface area contributed by atoms with Crippen LogP contribution >= 0.6 is 0 Å². The number of allylic oxidation sites excluding steroid dienone is 4. The topological polar surface area (TPSA) is 128 Å². The smallest absolute Gasteiger partial charge is 0.193 e. The van der Waals surface area contributed by atoms with Crippen molar-refractivity contribution in [2.45, 2.75) is 107 Å². The molecule has 3 saturated heterocycles. The van der Waals surface area contributed by atoms with Crippen molar-refractivity contribution in [3.8, 4) is 0 Å². The van der Waals surface area contributed by atoms with Crippen LogP contribution in [0.2, 0.25) is 0 Å². The van der Waals surface area contributed by atoms with Crippen molar-refractivity contribution in [3.63, 3.8) is 0 Å². The molecule has 0 aromatic heterocycles. The average Bonchev–Trinajstić information content (AvgIpc) is 3.51. The van der Waals surface area contributed by atoms with Gasteiger partial charge in [0.15, 0.2) is 23.5 Å². The van der Waals surface area contributed by atoms with E-state index in [-0.39, 0.29) is 40.5 Å². The normalized spacial score (nSPS) is 48.8. The van der Waals surface area contributed by atoms with Gasteiger partial charge in [-0.1, -0.05) is 49.8 Å². The minimum absolute atomic E-state index is 0.00785. The van der Waals surface area contributed by atoms with Crippen molar-refractivity contribution in [2.75, 3.05) is 13.2 Å². The molecular formula is C36H45NO7. The minimum Gasteiger partial charge on any atom is -0.393 e. The maximum absolute atomic E-state index is 13.8. The van der Waals surface area contributed by atoms with E-state index in [2.05, 4.69) is 26.0 Å². The van der Waals surface area contributed by atoms with Gasteiger partial charge in [-0.25, -0.2) is 0 Å². The molecule has 0 spiro atoms. The van der Waals surface area contributed by atoms with Crippen molar-refractivity contribution in [1.29, 1.82) is 0 Å². The van der Waals surface area contributed by atoms with Gasteiger partial charge in [-0.05, 0) is 80.9 Å². The number of rotatable bonds is 5. The highest BCUT2D eigenvalue weighted by Crippen LogP contribution is 2.70. The third-order valence-electron chi connectivity index (χ3n) is 13.4. The highest BCUT2D eigenvalue weighted by molar-refractivity contribution is 6.01. The van der Waals surface area contributed by atoms with E-state index < -0.39 is 41.5 Å². The number of ether oxygens (including phenoxy) is 3. The number of benzene rings is 1. The Morgan fingerprint density at radius 2 is 1.86 bits per heavy atom. The summed E-state index contributed by atoms with van der Waals surface area (Å²) >= 11 is 0. The zero-order valence-electron chi connectivity index (χ0n) is 25.8. The number of fused-ring (bicyclic) bond motifs is 10. The minimum atomic E-state index is -1.34. The van der Waals surface area contributed by atoms with Crippen LogP contribution in [0, 0.1) is 28.6 Å². The lowest BCUT2D eigenvalue weighted by Gasteiger charge is -2.59. The van der Waals surface area contributed by atoms with Crippen LogP contribution < -0.4 is 5.73 Å². The number of aliphatic hydroxyl groups excluding tert-OH is 2. The monoisotopic (exact) mass is 603 g/mol. The molecule has 5 aliphatic carbocycles. The van der Waals surface area contributed by atoms with Crippen LogP contribution in [0.5, 0.6) is 0 Å². The van der Waals surface area contributed by atoms with Crippen LogP contribution in [0.15, 0.2) is 48.1 Å². The maximum atomic E-state index is 13.8. The van der Waals surface area contributed by atoms with E-state index in [0.29, 0.717) is 19.4 Å². The van der Waals surface area contributed by atoms with E-state index in [0.717, 1.165) is 56.1 Å². The first-order valence-electron chi connectivity index (χ1n) is 16.6. The lowest BCUT2D eigenvalue weighted by atomic mass is 9.46. The molecule has 1 aromatic rings. The first-order valence-corrected chi connectivity index (χ1v) is 16.6. The Balaban J connectivity index is 1.06. The Kier molecular flexibility index (Phi) is 6.41. The highest BCUT2D eigenvalue weighted by atomic mass is 16.7. The summed E-state index contributed by atoms with van der Waals surface area (Å²) in [5, 5.41) is 22.1. The van der Waals surface area contributed by atoms with Crippen LogP contribution in [0.1, 0.15) is 82.6 Å². The van der Waals surface area contributed by atoms with Gasteiger partial charge < -0.3 is 30.2 Å². The lowest BCUT2D eigenvalue weighted by molar-refractivity contribution is -0.201. The second-order valence-electron chi connectivity index (χ2n) is 15.6. The Morgan fingerprint density at radius 3 is 2.55 bits per heavy atom. The van der Waals surface area contributed by atoms with E-state index in [4.69, 9.17) is 19.9 Å². The van der Waals surface area contributed by atoms with Crippen molar-refractivity contribution in [3.05, 3.63) is 59.2 Å². The predicted molar refractivity (Wildman–Crippen MR) is 161 cm³/mol. The summed E-state index contributed by atoms with van der Waals surface area (Å²) in [7, 11) is 0. The molecule has 1 unspecified atom stereocenters. The van der Waals surface area contributed by atoms with Gasteiger partial charge >= 0.3 is 0 Å². The molecule has 8 aliphatic rings. The van der Waals surface area contributed by atoms with Gasteiger partial charge in [-0.2, -0.15) is 0 Å². The summed E-state index contributed by atoms with van der Waals surface area (Å²) in [5.74, 6) is -0.223. The fourth-order valence-electron chi connectivity index (χ4n) is 11.0. The molecule has 8 nitrogen and oxygen atoms in total. The standard InChI is InChI=1S/C36H45NO7/c1-32-10-9-24(39)15-23(32)7-8-25-26-16-29-36(28(41)19-38,33(26,2)18-27(40)30(25)32)44-31(43-29)22-5-3-21(4-6-22)17-35-13-11-34(37,12-14-35)20-42-35/h3-6,9-10,15,25-27,29-31,38,40H,7-8,11-14,16-20,37H2,1-2H3/t25-,26-,27-,29+,30+,31?,32-,33-,34?,35?,36+/m0/s1. The molecule has 7 fully saturated rings. The van der Waals surface area contributed by atoms with Crippen molar-refractivity contribution in [2.24, 2.45) is 34.3 Å². The first kappa shape index (κ1) is 29.2. The summed E-state index contributed by atoms with van der Waals surface area (Å²) in [4.78, 5) is 26.0. The molecule has 236 valence electrons. The van der Waals surface area contributed by atoms with E-state index in [1.807, 2.05) is 18.2 Å². The first-order chi connectivity index (χ1) is 20.9. The van der Waals surface area contributed by atoms with Crippen LogP contribution in [-0.2, 0) is 30.2 Å². The number of hydrogen-bond acceptors (Lipinski definition) is 8. The summed E-state index contributed by atoms with van der Waals surface area (Å²) in [6.07, 6.45) is 10.8. The Hall–Kier alpha value is -2.20. The Morgan fingerprint density at radius 1 is 1.11 bits per heavy atom. The SMILES string of the molecule is C[C@]12C=CC(=O)C=C1CC[C@@H]1[C@@H]2[C@@H](O)C[C@@]2(C)[C@H]1C[C@H]1OC(c3ccc(CC45CCC(N)(CC4)CO5)cc3)O[C@]12C(=O)CO. The molecule has 0 amide bonds. The average molecular weight is 604 g/mol. The zero-order chi connectivity index (χ0) is 30.7. The summed E-state index contributed by atoms with van der Waals surface area (Å²) in [5.41, 5.74) is 6.78. The Bertz CT molecular complexity index is 1430. The van der Waals surface area contributed by atoms with Crippen molar-refractivity contribution in [1.82, 2.24) is 0 Å². The quantitative estimate of drug-likeness (QED) is 0.463. The fourth-order valence-corrected chi connectivity index (χ4v) is 11.0. The van der Waals surface area contributed by atoms with Gasteiger partial charge in [-0.15, -0.1) is 0 Å². The van der Waals surface area contributed by atoms with E-state index in [1.54, 1.807) is 12.2 Å². The molecule has 4 saturated carbocycles. The Labute approximate surface area is 259 Å². The van der Waals surface area contributed by atoms with Gasteiger partial charge in [-0.3, -0.25) is 9.59 Å². The molecule has 3 heterocycles. The number of carbonyl (C=O) groups is 2. The van der Waals surface area contributed by atoms with Crippen molar-refractivity contribution < 1.29 is 34.0 Å². The summed E-state index contributed by atoms with van der Waals surface area (Å²) in [6, 6.07) is 8.24.